The van der Waals surface area contributed by atoms with Crippen molar-refractivity contribution in [2.75, 3.05) is 19.0 Å². The number of hydrogen-bond acceptors (Lipinski definition) is 3. The zero-order valence-electron chi connectivity index (χ0n) is 13.1. The molecule has 0 fully saturated rings. The molecule has 21 heavy (non-hydrogen) atoms. The molecule has 0 amide bonds. The first kappa shape index (κ1) is 16.0. The lowest BCUT2D eigenvalue weighted by atomic mass is 10.1. The van der Waals surface area contributed by atoms with E-state index in [0.717, 1.165) is 29.1 Å². The largest absolute Gasteiger partial charge is 0.355 e. The SMILES string of the molecule is CNCc1c(C)cc(C)nc1N(C)Cc1ccc(Br)cc1. The van der Waals surface area contributed by atoms with Gasteiger partial charge in [0.1, 0.15) is 5.82 Å². The second kappa shape index (κ2) is 7.05. The molecule has 3 nitrogen and oxygen atoms in total. The van der Waals surface area contributed by atoms with E-state index < -0.39 is 0 Å². The maximum Gasteiger partial charge on any atom is 0.133 e. The lowest BCUT2D eigenvalue weighted by Gasteiger charge is -2.23. The Bertz CT molecular complexity index is 608. The fourth-order valence-electron chi connectivity index (χ4n) is 2.49. The summed E-state index contributed by atoms with van der Waals surface area (Å²) in [5, 5.41) is 3.24. The van der Waals surface area contributed by atoms with Gasteiger partial charge in [-0.2, -0.15) is 0 Å². The third-order valence-corrected chi connectivity index (χ3v) is 4.03. The van der Waals surface area contributed by atoms with Gasteiger partial charge in [0.15, 0.2) is 0 Å². The van der Waals surface area contributed by atoms with Gasteiger partial charge in [-0.15, -0.1) is 0 Å². The van der Waals surface area contributed by atoms with Crippen LogP contribution in [0.4, 0.5) is 5.82 Å². The van der Waals surface area contributed by atoms with Crippen molar-refractivity contribution in [3.8, 4) is 0 Å². The van der Waals surface area contributed by atoms with Crippen LogP contribution >= 0.6 is 15.9 Å². The van der Waals surface area contributed by atoms with Gasteiger partial charge in [-0.1, -0.05) is 28.1 Å². The highest BCUT2D eigenvalue weighted by molar-refractivity contribution is 9.10. The van der Waals surface area contributed by atoms with E-state index in [1.54, 1.807) is 0 Å². The predicted molar refractivity (Wildman–Crippen MR) is 92.7 cm³/mol. The Morgan fingerprint density at radius 1 is 1.19 bits per heavy atom. The average Bonchev–Trinajstić information content (AvgIpc) is 2.44. The Morgan fingerprint density at radius 2 is 1.86 bits per heavy atom. The van der Waals surface area contributed by atoms with Crippen molar-refractivity contribution in [2.45, 2.75) is 26.9 Å². The van der Waals surface area contributed by atoms with E-state index in [1.165, 1.54) is 16.7 Å². The van der Waals surface area contributed by atoms with Crippen molar-refractivity contribution >= 4 is 21.7 Å². The molecule has 0 radical (unpaired) electrons. The molecule has 2 rings (SSSR count). The Kier molecular flexibility index (Phi) is 5.37. The molecule has 2 aromatic rings. The Balaban J connectivity index is 2.29. The first-order chi connectivity index (χ1) is 10.0. The third kappa shape index (κ3) is 4.05. The van der Waals surface area contributed by atoms with Gasteiger partial charge in [0.25, 0.3) is 0 Å². The molecule has 4 heteroatoms. The van der Waals surface area contributed by atoms with Gasteiger partial charge < -0.3 is 10.2 Å². The second-order valence-electron chi connectivity index (χ2n) is 5.40. The summed E-state index contributed by atoms with van der Waals surface area (Å²) < 4.78 is 1.11. The molecule has 0 saturated heterocycles. The van der Waals surface area contributed by atoms with E-state index in [2.05, 4.69) is 70.4 Å². The van der Waals surface area contributed by atoms with E-state index in [1.807, 2.05) is 14.0 Å². The fraction of sp³-hybridized carbons (Fsp3) is 0.353. The first-order valence-corrected chi connectivity index (χ1v) is 7.88. The second-order valence-corrected chi connectivity index (χ2v) is 6.31. The molecule has 0 spiro atoms. The van der Waals surface area contributed by atoms with Crippen LogP contribution in [-0.2, 0) is 13.1 Å². The van der Waals surface area contributed by atoms with Crippen LogP contribution in [-0.4, -0.2) is 19.1 Å². The van der Waals surface area contributed by atoms with E-state index in [-0.39, 0.29) is 0 Å². The van der Waals surface area contributed by atoms with Gasteiger partial charge >= 0.3 is 0 Å². The quantitative estimate of drug-likeness (QED) is 0.891. The van der Waals surface area contributed by atoms with Gasteiger partial charge in [0.05, 0.1) is 0 Å². The first-order valence-electron chi connectivity index (χ1n) is 7.08. The molecule has 0 aliphatic rings. The number of nitrogens with one attached hydrogen (secondary N) is 1. The molecule has 0 aliphatic heterocycles. The van der Waals surface area contributed by atoms with Gasteiger partial charge in [-0.25, -0.2) is 4.98 Å². The van der Waals surface area contributed by atoms with Crippen molar-refractivity contribution in [3.63, 3.8) is 0 Å². The molecular weight excluding hydrogens is 326 g/mol. The molecule has 0 unspecified atom stereocenters. The van der Waals surface area contributed by atoms with E-state index in [4.69, 9.17) is 4.98 Å². The molecular formula is C17H22BrN3. The third-order valence-electron chi connectivity index (χ3n) is 3.50. The van der Waals surface area contributed by atoms with E-state index >= 15 is 0 Å². The summed E-state index contributed by atoms with van der Waals surface area (Å²) in [7, 11) is 4.07. The lowest BCUT2D eigenvalue weighted by molar-refractivity contribution is 0.786. The van der Waals surface area contributed by atoms with Gasteiger partial charge in [0, 0.05) is 35.9 Å². The number of halogens is 1. The van der Waals surface area contributed by atoms with Crippen LogP contribution in [0.25, 0.3) is 0 Å². The molecule has 1 heterocycles. The van der Waals surface area contributed by atoms with Crippen LogP contribution < -0.4 is 10.2 Å². The minimum atomic E-state index is 0.832. The summed E-state index contributed by atoms with van der Waals surface area (Å²) >= 11 is 3.47. The fourth-order valence-corrected chi connectivity index (χ4v) is 2.76. The highest BCUT2D eigenvalue weighted by atomic mass is 79.9. The van der Waals surface area contributed by atoms with E-state index in [9.17, 15) is 0 Å². The normalized spacial score (nSPS) is 10.7. The molecule has 0 bridgehead atoms. The summed E-state index contributed by atoms with van der Waals surface area (Å²) in [6.45, 7) is 5.88. The number of anilines is 1. The van der Waals surface area contributed by atoms with Crippen LogP contribution in [0.1, 0.15) is 22.4 Å². The maximum absolute atomic E-state index is 4.74. The van der Waals surface area contributed by atoms with Crippen molar-refractivity contribution in [1.29, 1.82) is 0 Å². The summed E-state index contributed by atoms with van der Waals surface area (Å²) in [5.41, 5.74) is 4.89. The van der Waals surface area contributed by atoms with Crippen LogP contribution in [0.3, 0.4) is 0 Å². The number of pyridine rings is 1. The Labute approximate surface area is 135 Å². The number of benzene rings is 1. The Morgan fingerprint density at radius 3 is 2.48 bits per heavy atom. The molecule has 1 N–H and O–H groups in total. The number of hydrogen-bond donors (Lipinski definition) is 1. The smallest absolute Gasteiger partial charge is 0.133 e. The van der Waals surface area contributed by atoms with Crippen molar-refractivity contribution < 1.29 is 0 Å². The van der Waals surface area contributed by atoms with Gasteiger partial charge in [-0.05, 0) is 50.2 Å². The van der Waals surface area contributed by atoms with Crippen molar-refractivity contribution in [2.24, 2.45) is 0 Å². The lowest BCUT2D eigenvalue weighted by Crippen LogP contribution is -2.22. The maximum atomic E-state index is 4.74. The van der Waals surface area contributed by atoms with Crippen LogP contribution in [0.15, 0.2) is 34.8 Å². The number of rotatable bonds is 5. The highest BCUT2D eigenvalue weighted by Gasteiger charge is 2.12. The average molecular weight is 348 g/mol. The standard InChI is InChI=1S/C17H22BrN3/c1-12-9-13(2)20-17(16(12)10-19-3)21(4)11-14-5-7-15(18)8-6-14/h5-9,19H,10-11H2,1-4H3. The van der Waals surface area contributed by atoms with Crippen molar-refractivity contribution in [1.82, 2.24) is 10.3 Å². The van der Waals surface area contributed by atoms with E-state index in [0.29, 0.717) is 0 Å². The molecule has 112 valence electrons. The number of aryl methyl sites for hydroxylation is 2. The van der Waals surface area contributed by atoms with Crippen LogP contribution in [0.2, 0.25) is 0 Å². The predicted octanol–water partition coefficient (Wildman–Crippen LogP) is 3.82. The molecule has 0 aliphatic carbocycles. The van der Waals surface area contributed by atoms with Gasteiger partial charge in [0.2, 0.25) is 0 Å². The van der Waals surface area contributed by atoms with Gasteiger partial charge in [-0.3, -0.25) is 0 Å². The number of nitrogens with zero attached hydrogens (tertiary/aromatic N) is 2. The van der Waals surface area contributed by atoms with Crippen LogP contribution in [0.5, 0.6) is 0 Å². The topological polar surface area (TPSA) is 28.2 Å². The van der Waals surface area contributed by atoms with Crippen molar-refractivity contribution in [3.05, 3.63) is 57.2 Å². The number of aromatic nitrogens is 1. The summed E-state index contributed by atoms with van der Waals surface area (Å²) in [6.07, 6.45) is 0. The highest BCUT2D eigenvalue weighted by Crippen LogP contribution is 2.23. The molecule has 0 saturated carbocycles. The minimum Gasteiger partial charge on any atom is -0.355 e. The molecule has 1 aromatic carbocycles. The zero-order valence-corrected chi connectivity index (χ0v) is 14.7. The molecule has 1 aromatic heterocycles. The monoisotopic (exact) mass is 347 g/mol. The Hall–Kier alpha value is -1.39. The molecule has 0 atom stereocenters. The summed E-state index contributed by atoms with van der Waals surface area (Å²) in [4.78, 5) is 6.96. The zero-order chi connectivity index (χ0) is 15.4. The van der Waals surface area contributed by atoms with Crippen LogP contribution in [0, 0.1) is 13.8 Å². The summed E-state index contributed by atoms with van der Waals surface area (Å²) in [6, 6.07) is 10.6. The summed E-state index contributed by atoms with van der Waals surface area (Å²) in [5.74, 6) is 1.06. The minimum absolute atomic E-state index is 0.832.